The molecule has 2 atom stereocenters. The van der Waals surface area contributed by atoms with Gasteiger partial charge in [-0.05, 0) is 42.4 Å². The zero-order valence-electron chi connectivity index (χ0n) is 11.7. The summed E-state index contributed by atoms with van der Waals surface area (Å²) in [4.78, 5) is 16.1. The maximum absolute atomic E-state index is 12.1. The number of aromatic nitrogens is 1. The van der Waals surface area contributed by atoms with E-state index in [2.05, 4.69) is 15.5 Å². The standard InChI is InChI=1S/C16H21N3O/c20-16(19-18-11-12-7-9-17-10-8-12)15-13-5-3-1-2-4-6-14(13)15/h7-11,13-15H,1-6H2,(H,19,20)/b18-11-/t13-,14-/m0/s1. The van der Waals surface area contributed by atoms with Crippen LogP contribution in [0.2, 0.25) is 0 Å². The Balaban J connectivity index is 1.51. The number of nitrogens with zero attached hydrogens (tertiary/aromatic N) is 2. The normalized spacial score (nSPS) is 29.3. The highest BCUT2D eigenvalue weighted by Crippen LogP contribution is 2.53. The fourth-order valence-corrected chi connectivity index (χ4v) is 3.43. The van der Waals surface area contributed by atoms with Crippen molar-refractivity contribution in [2.45, 2.75) is 38.5 Å². The number of hydrazone groups is 1. The molecule has 106 valence electrons. The molecule has 4 heteroatoms. The molecule has 0 spiro atoms. The van der Waals surface area contributed by atoms with E-state index in [1.54, 1.807) is 18.6 Å². The molecule has 0 bridgehead atoms. The second-order valence-electron chi connectivity index (χ2n) is 5.86. The molecule has 3 rings (SSSR count). The van der Waals surface area contributed by atoms with E-state index in [1.165, 1.54) is 38.5 Å². The van der Waals surface area contributed by atoms with Crippen molar-refractivity contribution in [1.82, 2.24) is 10.4 Å². The Morgan fingerprint density at radius 1 is 1.15 bits per heavy atom. The van der Waals surface area contributed by atoms with E-state index >= 15 is 0 Å². The van der Waals surface area contributed by atoms with Gasteiger partial charge in [-0.25, -0.2) is 5.43 Å². The Kier molecular flexibility index (Phi) is 4.09. The van der Waals surface area contributed by atoms with Gasteiger partial charge in [0.05, 0.1) is 6.21 Å². The van der Waals surface area contributed by atoms with Gasteiger partial charge in [-0.2, -0.15) is 5.10 Å². The topological polar surface area (TPSA) is 54.4 Å². The number of fused-ring (bicyclic) bond motifs is 1. The van der Waals surface area contributed by atoms with Crippen molar-refractivity contribution in [1.29, 1.82) is 0 Å². The third-order valence-corrected chi connectivity index (χ3v) is 4.55. The second-order valence-corrected chi connectivity index (χ2v) is 5.86. The van der Waals surface area contributed by atoms with Crippen LogP contribution in [0.4, 0.5) is 0 Å². The van der Waals surface area contributed by atoms with E-state index in [0.29, 0.717) is 11.8 Å². The first-order valence-electron chi connectivity index (χ1n) is 7.59. The Labute approximate surface area is 119 Å². The maximum Gasteiger partial charge on any atom is 0.243 e. The molecule has 2 fully saturated rings. The average Bonchev–Trinajstić information content (AvgIpc) is 3.11. The predicted molar refractivity (Wildman–Crippen MR) is 78.1 cm³/mol. The minimum absolute atomic E-state index is 0.104. The lowest BCUT2D eigenvalue weighted by Gasteiger charge is -2.04. The highest BCUT2D eigenvalue weighted by molar-refractivity contribution is 5.85. The SMILES string of the molecule is O=C(N/N=C\c1ccncc1)C1[C@H]2CCCCCC[C@H]12. The van der Waals surface area contributed by atoms with Crippen LogP contribution in [0.5, 0.6) is 0 Å². The summed E-state index contributed by atoms with van der Waals surface area (Å²) in [6.07, 6.45) is 12.8. The summed E-state index contributed by atoms with van der Waals surface area (Å²) in [6, 6.07) is 3.72. The van der Waals surface area contributed by atoms with Crippen molar-refractivity contribution in [3.8, 4) is 0 Å². The number of hydrogen-bond acceptors (Lipinski definition) is 3. The summed E-state index contributed by atoms with van der Waals surface area (Å²) in [5.41, 5.74) is 3.65. The number of hydrogen-bond donors (Lipinski definition) is 1. The van der Waals surface area contributed by atoms with Crippen LogP contribution in [0.15, 0.2) is 29.6 Å². The van der Waals surface area contributed by atoms with Gasteiger partial charge < -0.3 is 0 Å². The van der Waals surface area contributed by atoms with E-state index in [9.17, 15) is 4.79 Å². The molecule has 1 N–H and O–H groups in total. The smallest absolute Gasteiger partial charge is 0.243 e. The molecular formula is C16H21N3O. The van der Waals surface area contributed by atoms with Crippen LogP contribution in [0.25, 0.3) is 0 Å². The molecule has 20 heavy (non-hydrogen) atoms. The largest absolute Gasteiger partial charge is 0.273 e. The molecule has 2 saturated carbocycles. The summed E-state index contributed by atoms with van der Waals surface area (Å²) in [5, 5.41) is 4.06. The second kappa shape index (κ2) is 6.16. The lowest BCUT2D eigenvalue weighted by Crippen LogP contribution is -2.21. The minimum atomic E-state index is 0.104. The molecular weight excluding hydrogens is 250 g/mol. The number of pyridine rings is 1. The van der Waals surface area contributed by atoms with Crippen molar-refractivity contribution < 1.29 is 4.79 Å². The molecule has 0 aliphatic heterocycles. The number of amides is 1. The first kappa shape index (κ1) is 13.3. The molecule has 1 aromatic rings. The van der Waals surface area contributed by atoms with Crippen molar-refractivity contribution in [2.24, 2.45) is 22.9 Å². The fraction of sp³-hybridized carbons (Fsp3) is 0.562. The van der Waals surface area contributed by atoms with Gasteiger partial charge in [-0.15, -0.1) is 0 Å². The number of carbonyl (C=O) groups excluding carboxylic acids is 1. The molecule has 1 heterocycles. The molecule has 1 aromatic heterocycles. The Hall–Kier alpha value is -1.71. The van der Waals surface area contributed by atoms with Crippen LogP contribution in [0.1, 0.15) is 44.1 Å². The minimum Gasteiger partial charge on any atom is -0.273 e. The Morgan fingerprint density at radius 3 is 2.45 bits per heavy atom. The van der Waals surface area contributed by atoms with Gasteiger partial charge in [0.15, 0.2) is 0 Å². The highest BCUT2D eigenvalue weighted by Gasteiger charge is 2.53. The molecule has 0 saturated heterocycles. The maximum atomic E-state index is 12.1. The van der Waals surface area contributed by atoms with Crippen molar-refractivity contribution >= 4 is 12.1 Å². The molecule has 0 radical (unpaired) electrons. The molecule has 2 aliphatic carbocycles. The highest BCUT2D eigenvalue weighted by atomic mass is 16.2. The fourth-order valence-electron chi connectivity index (χ4n) is 3.43. The van der Waals surface area contributed by atoms with E-state index in [0.717, 1.165) is 5.56 Å². The van der Waals surface area contributed by atoms with E-state index in [4.69, 9.17) is 0 Å². The molecule has 0 unspecified atom stereocenters. The Morgan fingerprint density at radius 2 is 1.80 bits per heavy atom. The van der Waals surface area contributed by atoms with Gasteiger partial charge in [-0.1, -0.05) is 25.7 Å². The van der Waals surface area contributed by atoms with Crippen LogP contribution in [-0.4, -0.2) is 17.1 Å². The average molecular weight is 271 g/mol. The van der Waals surface area contributed by atoms with Crippen molar-refractivity contribution in [3.05, 3.63) is 30.1 Å². The van der Waals surface area contributed by atoms with Gasteiger partial charge >= 0.3 is 0 Å². The van der Waals surface area contributed by atoms with Crippen molar-refractivity contribution in [3.63, 3.8) is 0 Å². The Bertz CT molecular complexity index is 472. The molecule has 4 nitrogen and oxygen atoms in total. The lowest BCUT2D eigenvalue weighted by molar-refractivity contribution is -0.122. The summed E-state index contributed by atoms with van der Waals surface area (Å²) in [7, 11) is 0. The zero-order chi connectivity index (χ0) is 13.8. The van der Waals surface area contributed by atoms with Gasteiger partial charge in [0, 0.05) is 18.3 Å². The number of rotatable bonds is 3. The van der Waals surface area contributed by atoms with Crippen molar-refractivity contribution in [2.75, 3.05) is 0 Å². The summed E-state index contributed by atoms with van der Waals surface area (Å²) < 4.78 is 0. The molecule has 2 aliphatic rings. The van der Waals surface area contributed by atoms with E-state index < -0.39 is 0 Å². The van der Waals surface area contributed by atoms with Gasteiger partial charge in [0.25, 0.3) is 0 Å². The number of carbonyl (C=O) groups is 1. The summed E-state index contributed by atoms with van der Waals surface area (Å²) in [5.74, 6) is 1.55. The van der Waals surface area contributed by atoms with E-state index in [1.807, 2.05) is 12.1 Å². The van der Waals surface area contributed by atoms with Crippen LogP contribution < -0.4 is 5.43 Å². The zero-order valence-corrected chi connectivity index (χ0v) is 11.7. The quantitative estimate of drug-likeness (QED) is 0.679. The van der Waals surface area contributed by atoms with Crippen LogP contribution in [-0.2, 0) is 4.79 Å². The van der Waals surface area contributed by atoms with Gasteiger partial charge in [0.2, 0.25) is 5.91 Å². The predicted octanol–water partition coefficient (Wildman–Crippen LogP) is 2.75. The first-order valence-corrected chi connectivity index (χ1v) is 7.59. The van der Waals surface area contributed by atoms with Gasteiger partial charge in [-0.3, -0.25) is 9.78 Å². The third-order valence-electron chi connectivity index (χ3n) is 4.55. The van der Waals surface area contributed by atoms with Crippen LogP contribution in [0.3, 0.4) is 0 Å². The van der Waals surface area contributed by atoms with Crippen LogP contribution >= 0.6 is 0 Å². The third kappa shape index (κ3) is 3.06. The number of nitrogens with one attached hydrogen (secondary N) is 1. The van der Waals surface area contributed by atoms with Crippen LogP contribution in [0, 0.1) is 17.8 Å². The molecule has 1 amide bonds. The van der Waals surface area contributed by atoms with Gasteiger partial charge in [0.1, 0.15) is 0 Å². The monoisotopic (exact) mass is 271 g/mol. The summed E-state index contributed by atoms with van der Waals surface area (Å²) in [6.45, 7) is 0. The summed E-state index contributed by atoms with van der Waals surface area (Å²) >= 11 is 0. The molecule has 0 aromatic carbocycles. The lowest BCUT2D eigenvalue weighted by atomic mass is 10.0. The van der Waals surface area contributed by atoms with E-state index in [-0.39, 0.29) is 11.8 Å². The first-order chi connectivity index (χ1) is 9.86.